The van der Waals surface area contributed by atoms with Crippen molar-refractivity contribution in [1.82, 2.24) is 10.2 Å². The average molecular weight is 288 g/mol. The summed E-state index contributed by atoms with van der Waals surface area (Å²) >= 11 is 0. The Hall–Kier alpha value is -0.170. The van der Waals surface area contributed by atoms with Crippen LogP contribution in [0.1, 0.15) is 32.1 Å². The van der Waals surface area contributed by atoms with Gasteiger partial charge >= 0.3 is 0 Å². The summed E-state index contributed by atoms with van der Waals surface area (Å²) in [5.74, 6) is 0.0797. The Morgan fingerprint density at radius 2 is 1.95 bits per heavy atom. The first-order valence-corrected chi connectivity index (χ1v) is 9.25. The largest absolute Gasteiger partial charge is 0.390 e. The van der Waals surface area contributed by atoms with Crippen LogP contribution in [0.2, 0.25) is 0 Å². The second-order valence-electron chi connectivity index (χ2n) is 6.29. The molecule has 1 saturated carbocycles. The number of nitrogens with one attached hydrogen (secondary N) is 1. The summed E-state index contributed by atoms with van der Waals surface area (Å²) in [6.07, 6.45) is 5.25. The molecule has 3 aliphatic rings. The van der Waals surface area contributed by atoms with Crippen LogP contribution in [0.25, 0.3) is 0 Å². The number of aliphatic hydroxyl groups excluding tert-OH is 1. The molecular formula is C13H24N2O3S. The van der Waals surface area contributed by atoms with Gasteiger partial charge < -0.3 is 10.4 Å². The summed E-state index contributed by atoms with van der Waals surface area (Å²) in [6.45, 7) is 1.95. The van der Waals surface area contributed by atoms with E-state index in [0.717, 1.165) is 25.9 Å². The predicted molar refractivity (Wildman–Crippen MR) is 73.8 cm³/mol. The molecule has 0 aromatic carbocycles. The van der Waals surface area contributed by atoms with Crippen LogP contribution >= 0.6 is 0 Å². The van der Waals surface area contributed by atoms with Gasteiger partial charge in [-0.1, -0.05) is 6.42 Å². The average Bonchev–Trinajstić information content (AvgIpc) is 3.14. The number of nitrogens with zero attached hydrogens (tertiary/aromatic N) is 1. The summed E-state index contributed by atoms with van der Waals surface area (Å²) in [6, 6.07) is 0.780. The molecular weight excluding hydrogens is 264 g/mol. The number of sulfone groups is 1. The lowest BCUT2D eigenvalue weighted by Crippen LogP contribution is -2.51. The first kappa shape index (κ1) is 13.8. The second kappa shape index (κ2) is 5.31. The van der Waals surface area contributed by atoms with Crippen molar-refractivity contribution in [3.05, 3.63) is 0 Å². The van der Waals surface area contributed by atoms with Crippen molar-refractivity contribution in [3.63, 3.8) is 0 Å². The van der Waals surface area contributed by atoms with Gasteiger partial charge in [0.25, 0.3) is 0 Å². The maximum Gasteiger partial charge on any atom is 0.154 e. The molecule has 110 valence electrons. The van der Waals surface area contributed by atoms with Crippen molar-refractivity contribution in [1.29, 1.82) is 0 Å². The summed E-state index contributed by atoms with van der Waals surface area (Å²) in [5.41, 5.74) is 0. The molecule has 0 spiro atoms. The lowest BCUT2D eigenvalue weighted by Gasteiger charge is -2.35. The van der Waals surface area contributed by atoms with Crippen LogP contribution < -0.4 is 5.32 Å². The summed E-state index contributed by atoms with van der Waals surface area (Å²) < 4.78 is 23.4. The molecule has 5 nitrogen and oxygen atoms in total. The molecule has 2 aliphatic heterocycles. The van der Waals surface area contributed by atoms with E-state index in [0.29, 0.717) is 12.1 Å². The van der Waals surface area contributed by atoms with Crippen LogP contribution in [0.15, 0.2) is 0 Å². The number of rotatable bonds is 4. The third-order valence-electron chi connectivity index (χ3n) is 4.58. The van der Waals surface area contributed by atoms with Gasteiger partial charge in [-0.05, 0) is 32.2 Å². The molecule has 0 bridgehead atoms. The number of piperidine rings is 1. The van der Waals surface area contributed by atoms with Gasteiger partial charge in [0.05, 0.1) is 23.7 Å². The Morgan fingerprint density at radius 3 is 2.47 bits per heavy atom. The van der Waals surface area contributed by atoms with Crippen LogP contribution in [0.4, 0.5) is 0 Å². The third-order valence-corrected chi connectivity index (χ3v) is 6.28. The first-order chi connectivity index (χ1) is 9.05. The number of hydrogen-bond donors (Lipinski definition) is 2. The highest BCUT2D eigenvalue weighted by Crippen LogP contribution is 2.32. The van der Waals surface area contributed by atoms with E-state index < -0.39 is 15.9 Å². The molecule has 0 aromatic heterocycles. The maximum atomic E-state index is 11.7. The minimum absolute atomic E-state index is 0.0566. The Kier molecular flexibility index (Phi) is 3.86. The molecule has 3 fully saturated rings. The Labute approximate surface area is 115 Å². The van der Waals surface area contributed by atoms with Gasteiger partial charge in [-0.3, -0.25) is 4.90 Å². The van der Waals surface area contributed by atoms with Gasteiger partial charge in [0.2, 0.25) is 0 Å². The topological polar surface area (TPSA) is 69.6 Å². The zero-order valence-corrected chi connectivity index (χ0v) is 12.1. The highest BCUT2D eigenvalue weighted by atomic mass is 32.2. The van der Waals surface area contributed by atoms with E-state index >= 15 is 0 Å². The summed E-state index contributed by atoms with van der Waals surface area (Å²) in [7, 11) is -3.05. The van der Waals surface area contributed by atoms with Crippen LogP contribution in [0, 0.1) is 0 Å². The molecule has 0 radical (unpaired) electrons. The van der Waals surface area contributed by atoms with Gasteiger partial charge in [0, 0.05) is 18.6 Å². The summed E-state index contributed by atoms with van der Waals surface area (Å²) in [4.78, 5) is 2.28. The van der Waals surface area contributed by atoms with E-state index in [9.17, 15) is 13.5 Å². The zero-order valence-electron chi connectivity index (χ0n) is 11.3. The van der Waals surface area contributed by atoms with E-state index in [-0.39, 0.29) is 17.5 Å². The molecule has 19 heavy (non-hydrogen) atoms. The lowest BCUT2D eigenvalue weighted by molar-refractivity contribution is 0.0683. The van der Waals surface area contributed by atoms with Crippen LogP contribution in [-0.2, 0) is 9.84 Å². The Morgan fingerprint density at radius 1 is 1.16 bits per heavy atom. The normalized spacial score (nSPS) is 38.7. The maximum absolute atomic E-state index is 11.7. The van der Waals surface area contributed by atoms with Crippen molar-refractivity contribution in [2.24, 2.45) is 0 Å². The van der Waals surface area contributed by atoms with Crippen molar-refractivity contribution in [3.8, 4) is 0 Å². The summed E-state index contributed by atoms with van der Waals surface area (Å²) in [5, 5.41) is 13.6. The van der Waals surface area contributed by atoms with Crippen molar-refractivity contribution in [2.45, 2.75) is 56.3 Å². The molecule has 2 N–H and O–H groups in total. The molecule has 3 rings (SSSR count). The van der Waals surface area contributed by atoms with E-state index in [2.05, 4.69) is 10.2 Å². The van der Waals surface area contributed by atoms with E-state index in [1.54, 1.807) is 0 Å². The van der Waals surface area contributed by atoms with Crippen LogP contribution in [-0.4, -0.2) is 67.2 Å². The molecule has 0 amide bonds. The van der Waals surface area contributed by atoms with E-state index in [1.165, 1.54) is 19.3 Å². The minimum Gasteiger partial charge on any atom is -0.390 e. The lowest BCUT2D eigenvalue weighted by atomic mass is 10.0. The molecule has 2 heterocycles. The third kappa shape index (κ3) is 3.29. The predicted octanol–water partition coefficient (Wildman–Crippen LogP) is -0.249. The van der Waals surface area contributed by atoms with Gasteiger partial charge in [0.1, 0.15) is 0 Å². The van der Waals surface area contributed by atoms with Gasteiger partial charge in [0.15, 0.2) is 9.84 Å². The van der Waals surface area contributed by atoms with Gasteiger partial charge in [-0.2, -0.15) is 0 Å². The Balaban J connectivity index is 1.67. The molecule has 3 unspecified atom stereocenters. The minimum atomic E-state index is -3.05. The van der Waals surface area contributed by atoms with Crippen LogP contribution in [0.5, 0.6) is 0 Å². The number of aliphatic hydroxyl groups is 1. The monoisotopic (exact) mass is 288 g/mol. The molecule has 3 atom stereocenters. The fraction of sp³-hybridized carbons (Fsp3) is 1.00. The molecule has 0 aromatic rings. The standard InChI is InChI=1S/C13H24N2O3S/c16-13-9-19(17,18)8-12(13)15(11-4-5-11)7-10-3-1-2-6-14-10/h10-14,16H,1-9H2. The van der Waals surface area contributed by atoms with Gasteiger partial charge in [-0.15, -0.1) is 0 Å². The Bertz CT molecular complexity index is 416. The van der Waals surface area contributed by atoms with Crippen molar-refractivity contribution >= 4 is 9.84 Å². The zero-order chi connectivity index (χ0) is 13.5. The SMILES string of the molecule is O=S1(=O)CC(O)C(N(CC2CCCCN2)C2CC2)C1. The first-order valence-electron chi connectivity index (χ1n) is 7.43. The number of hydrogen-bond acceptors (Lipinski definition) is 5. The van der Waals surface area contributed by atoms with E-state index in [4.69, 9.17) is 0 Å². The highest BCUT2D eigenvalue weighted by Gasteiger charge is 2.45. The molecule has 1 aliphatic carbocycles. The molecule has 6 heteroatoms. The second-order valence-corrected chi connectivity index (χ2v) is 8.44. The fourth-order valence-corrected chi connectivity index (χ4v) is 5.24. The fourth-order valence-electron chi connectivity index (χ4n) is 3.42. The van der Waals surface area contributed by atoms with Crippen molar-refractivity contribution < 1.29 is 13.5 Å². The molecule has 2 saturated heterocycles. The van der Waals surface area contributed by atoms with Crippen LogP contribution in [0.3, 0.4) is 0 Å². The van der Waals surface area contributed by atoms with E-state index in [1.807, 2.05) is 0 Å². The highest BCUT2D eigenvalue weighted by molar-refractivity contribution is 7.91. The quantitative estimate of drug-likeness (QED) is 0.746. The van der Waals surface area contributed by atoms with Gasteiger partial charge in [-0.25, -0.2) is 8.42 Å². The smallest absolute Gasteiger partial charge is 0.154 e. The van der Waals surface area contributed by atoms with Crippen molar-refractivity contribution in [2.75, 3.05) is 24.6 Å².